The van der Waals surface area contributed by atoms with Gasteiger partial charge in [0.15, 0.2) is 5.76 Å². The smallest absolute Gasteiger partial charge is 0.312 e. The first kappa shape index (κ1) is 19.0. The summed E-state index contributed by atoms with van der Waals surface area (Å²) in [5.41, 5.74) is 1.03. The van der Waals surface area contributed by atoms with Crippen molar-refractivity contribution in [2.45, 2.75) is 6.42 Å². The van der Waals surface area contributed by atoms with Gasteiger partial charge < -0.3 is 19.5 Å². The predicted octanol–water partition coefficient (Wildman–Crippen LogP) is 1.58. The molecule has 27 heavy (non-hydrogen) atoms. The van der Waals surface area contributed by atoms with Crippen LogP contribution in [-0.2, 0) is 16.0 Å². The van der Waals surface area contributed by atoms with Crippen LogP contribution in [0.3, 0.4) is 0 Å². The molecule has 1 aliphatic heterocycles. The number of amides is 3. The third kappa shape index (κ3) is 4.89. The standard InChI is InChI=1S/C19H20ClN3O4/c20-15-5-3-14(4-6-15)7-8-21-17(24)19(26)23-11-9-22(10-12-23)18(25)16-2-1-13-27-16/h1-6,13H,7-12H2,(H,21,24). The van der Waals surface area contributed by atoms with Crippen LogP contribution >= 0.6 is 11.6 Å². The van der Waals surface area contributed by atoms with Gasteiger partial charge in [-0.15, -0.1) is 0 Å². The second kappa shape index (κ2) is 8.73. The molecule has 0 radical (unpaired) electrons. The Morgan fingerprint density at radius 2 is 1.67 bits per heavy atom. The largest absolute Gasteiger partial charge is 0.459 e. The SMILES string of the molecule is O=C(NCCc1ccc(Cl)cc1)C(=O)N1CCN(C(=O)c2ccco2)CC1. The highest BCUT2D eigenvalue weighted by atomic mass is 35.5. The van der Waals surface area contributed by atoms with Gasteiger partial charge in [-0.1, -0.05) is 23.7 Å². The molecule has 0 unspecified atom stereocenters. The molecule has 0 saturated carbocycles. The van der Waals surface area contributed by atoms with E-state index < -0.39 is 11.8 Å². The molecular formula is C19H20ClN3O4. The lowest BCUT2D eigenvalue weighted by atomic mass is 10.1. The highest BCUT2D eigenvalue weighted by molar-refractivity contribution is 6.35. The quantitative estimate of drug-likeness (QED) is 0.805. The predicted molar refractivity (Wildman–Crippen MR) is 99.4 cm³/mol. The Labute approximate surface area is 161 Å². The first-order valence-corrected chi connectivity index (χ1v) is 9.07. The van der Waals surface area contributed by atoms with Gasteiger partial charge in [0.25, 0.3) is 5.91 Å². The van der Waals surface area contributed by atoms with E-state index in [2.05, 4.69) is 5.32 Å². The molecule has 3 rings (SSSR count). The van der Waals surface area contributed by atoms with Crippen LogP contribution in [0.2, 0.25) is 5.02 Å². The summed E-state index contributed by atoms with van der Waals surface area (Å²) in [6, 6.07) is 10.6. The lowest BCUT2D eigenvalue weighted by molar-refractivity contribution is -0.146. The molecule has 3 amide bonds. The van der Waals surface area contributed by atoms with Crippen LogP contribution in [0.25, 0.3) is 0 Å². The molecule has 1 aliphatic rings. The zero-order valence-electron chi connectivity index (χ0n) is 14.7. The van der Waals surface area contributed by atoms with Gasteiger partial charge in [0.2, 0.25) is 0 Å². The van der Waals surface area contributed by atoms with Crippen LogP contribution in [0.4, 0.5) is 0 Å². The molecule has 0 spiro atoms. The molecule has 1 saturated heterocycles. The number of piperazine rings is 1. The summed E-state index contributed by atoms with van der Waals surface area (Å²) in [4.78, 5) is 39.6. The highest BCUT2D eigenvalue weighted by Gasteiger charge is 2.28. The fraction of sp³-hybridized carbons (Fsp3) is 0.316. The monoisotopic (exact) mass is 389 g/mol. The first-order valence-electron chi connectivity index (χ1n) is 8.69. The highest BCUT2D eigenvalue weighted by Crippen LogP contribution is 2.10. The minimum Gasteiger partial charge on any atom is -0.459 e. The van der Waals surface area contributed by atoms with Crippen molar-refractivity contribution in [3.63, 3.8) is 0 Å². The molecule has 8 heteroatoms. The van der Waals surface area contributed by atoms with Gasteiger partial charge in [-0.25, -0.2) is 0 Å². The minimum absolute atomic E-state index is 0.209. The number of halogens is 1. The average Bonchev–Trinajstić information content (AvgIpc) is 3.23. The van der Waals surface area contributed by atoms with Crippen LogP contribution in [0.15, 0.2) is 47.1 Å². The third-order valence-electron chi connectivity index (χ3n) is 4.39. The maximum atomic E-state index is 12.3. The van der Waals surface area contributed by atoms with E-state index in [0.717, 1.165) is 5.56 Å². The molecule has 0 bridgehead atoms. The fourth-order valence-corrected chi connectivity index (χ4v) is 2.99. The van der Waals surface area contributed by atoms with Crippen molar-refractivity contribution >= 4 is 29.3 Å². The van der Waals surface area contributed by atoms with Crippen molar-refractivity contribution in [3.8, 4) is 0 Å². The summed E-state index contributed by atoms with van der Waals surface area (Å²) in [6.07, 6.45) is 2.06. The third-order valence-corrected chi connectivity index (χ3v) is 4.64. The van der Waals surface area contributed by atoms with Crippen molar-refractivity contribution in [2.75, 3.05) is 32.7 Å². The maximum Gasteiger partial charge on any atom is 0.312 e. The second-order valence-electron chi connectivity index (χ2n) is 6.19. The average molecular weight is 390 g/mol. The maximum absolute atomic E-state index is 12.3. The summed E-state index contributed by atoms with van der Waals surface area (Å²) in [5.74, 6) is -1.14. The molecule has 1 N–H and O–H groups in total. The number of hydrogen-bond acceptors (Lipinski definition) is 4. The molecule has 1 fully saturated rings. The Kier molecular flexibility index (Phi) is 6.13. The van der Waals surface area contributed by atoms with Gasteiger partial charge in [-0.05, 0) is 36.2 Å². The van der Waals surface area contributed by atoms with Crippen LogP contribution in [0.5, 0.6) is 0 Å². The van der Waals surface area contributed by atoms with E-state index in [1.165, 1.54) is 11.2 Å². The molecule has 0 atom stereocenters. The number of nitrogens with zero attached hydrogens (tertiary/aromatic N) is 2. The Balaban J connectivity index is 1.42. The van der Waals surface area contributed by atoms with E-state index in [0.29, 0.717) is 44.2 Å². The topological polar surface area (TPSA) is 82.9 Å². The van der Waals surface area contributed by atoms with Gasteiger partial charge in [0.1, 0.15) is 0 Å². The first-order chi connectivity index (χ1) is 13.0. The summed E-state index contributed by atoms with van der Waals surface area (Å²) >= 11 is 5.83. The van der Waals surface area contributed by atoms with E-state index in [-0.39, 0.29) is 11.7 Å². The lowest BCUT2D eigenvalue weighted by Crippen LogP contribution is -2.53. The molecule has 1 aromatic carbocycles. The van der Waals surface area contributed by atoms with Crippen molar-refractivity contribution in [1.82, 2.24) is 15.1 Å². The fourth-order valence-electron chi connectivity index (χ4n) is 2.86. The summed E-state index contributed by atoms with van der Waals surface area (Å²) < 4.78 is 5.11. The second-order valence-corrected chi connectivity index (χ2v) is 6.63. The van der Waals surface area contributed by atoms with E-state index >= 15 is 0 Å². The van der Waals surface area contributed by atoms with Crippen molar-refractivity contribution in [1.29, 1.82) is 0 Å². The Morgan fingerprint density at radius 1 is 1.00 bits per heavy atom. The summed E-state index contributed by atoms with van der Waals surface area (Å²) in [6.45, 7) is 1.72. The number of furan rings is 1. The Hall–Kier alpha value is -2.80. The lowest BCUT2D eigenvalue weighted by Gasteiger charge is -2.33. The van der Waals surface area contributed by atoms with E-state index in [1.807, 2.05) is 12.1 Å². The Bertz CT molecular complexity index is 797. The molecule has 7 nitrogen and oxygen atoms in total. The summed E-state index contributed by atoms with van der Waals surface area (Å²) in [7, 11) is 0. The number of carbonyl (C=O) groups excluding carboxylic acids is 3. The van der Waals surface area contributed by atoms with Crippen LogP contribution in [0, 0.1) is 0 Å². The van der Waals surface area contributed by atoms with Crippen molar-refractivity contribution in [2.24, 2.45) is 0 Å². The van der Waals surface area contributed by atoms with Gasteiger partial charge >= 0.3 is 11.8 Å². The zero-order chi connectivity index (χ0) is 19.2. The summed E-state index contributed by atoms with van der Waals surface area (Å²) in [5, 5.41) is 3.30. The molecule has 2 aromatic rings. The molecule has 1 aromatic heterocycles. The minimum atomic E-state index is -0.630. The number of benzene rings is 1. The van der Waals surface area contributed by atoms with Crippen molar-refractivity contribution in [3.05, 3.63) is 59.0 Å². The van der Waals surface area contributed by atoms with Crippen LogP contribution in [-0.4, -0.2) is 60.2 Å². The molecule has 142 valence electrons. The van der Waals surface area contributed by atoms with E-state index in [4.69, 9.17) is 16.0 Å². The van der Waals surface area contributed by atoms with Gasteiger partial charge in [0.05, 0.1) is 6.26 Å². The Morgan fingerprint density at radius 3 is 2.30 bits per heavy atom. The number of hydrogen-bond donors (Lipinski definition) is 1. The van der Waals surface area contributed by atoms with E-state index in [9.17, 15) is 14.4 Å². The van der Waals surface area contributed by atoms with Crippen LogP contribution in [0.1, 0.15) is 16.1 Å². The molecule has 2 heterocycles. The number of rotatable bonds is 4. The van der Waals surface area contributed by atoms with Gasteiger partial charge in [-0.2, -0.15) is 0 Å². The molecular weight excluding hydrogens is 370 g/mol. The van der Waals surface area contributed by atoms with Crippen molar-refractivity contribution < 1.29 is 18.8 Å². The molecule has 0 aliphatic carbocycles. The van der Waals surface area contributed by atoms with Crippen LogP contribution < -0.4 is 5.32 Å². The number of carbonyl (C=O) groups is 3. The van der Waals surface area contributed by atoms with Gasteiger partial charge in [-0.3, -0.25) is 14.4 Å². The zero-order valence-corrected chi connectivity index (χ0v) is 15.4. The number of nitrogens with one attached hydrogen (secondary N) is 1. The normalized spacial score (nSPS) is 14.1. The van der Waals surface area contributed by atoms with E-state index in [1.54, 1.807) is 29.2 Å². The van der Waals surface area contributed by atoms with Gasteiger partial charge in [0, 0.05) is 37.7 Å².